The summed E-state index contributed by atoms with van der Waals surface area (Å²) in [4.78, 5) is 14.2. The van der Waals surface area contributed by atoms with Gasteiger partial charge in [-0.1, -0.05) is 19.9 Å². The van der Waals surface area contributed by atoms with Crippen molar-refractivity contribution in [2.45, 2.75) is 24.3 Å². The fourth-order valence-corrected chi connectivity index (χ4v) is 3.94. The Morgan fingerprint density at radius 2 is 2.00 bits per heavy atom. The van der Waals surface area contributed by atoms with Gasteiger partial charge in [0.1, 0.15) is 5.82 Å². The smallest absolute Gasteiger partial charge is 0.255 e. The molecule has 2 atom stereocenters. The molecule has 1 amide bonds. The maximum Gasteiger partial charge on any atom is 0.255 e. The second-order valence-corrected chi connectivity index (χ2v) is 7.24. The number of benzene rings is 1. The van der Waals surface area contributed by atoms with Gasteiger partial charge in [-0.05, 0) is 28.1 Å². The van der Waals surface area contributed by atoms with Gasteiger partial charge in [-0.15, -0.1) is 0 Å². The van der Waals surface area contributed by atoms with Gasteiger partial charge >= 0.3 is 0 Å². The molecule has 1 saturated heterocycles. The fourth-order valence-electron chi connectivity index (χ4n) is 2.18. The number of thioether (sulfide) groups is 1. The van der Waals surface area contributed by atoms with Gasteiger partial charge in [-0.25, -0.2) is 4.39 Å². The van der Waals surface area contributed by atoms with Gasteiger partial charge in [0.15, 0.2) is 0 Å². The average Bonchev–Trinajstić information content (AvgIpc) is 2.30. The van der Waals surface area contributed by atoms with Crippen LogP contribution in [0.5, 0.6) is 0 Å². The number of hydrogen-bond donors (Lipinski definition) is 0. The Hall–Kier alpha value is -0.550. The largest absolute Gasteiger partial charge is 0.336 e. The Kier molecular flexibility index (Phi) is 4.33. The summed E-state index contributed by atoms with van der Waals surface area (Å²) in [5.41, 5.74) is 0.404. The molecular formula is C13H15BrFNOS. The zero-order valence-electron chi connectivity index (χ0n) is 10.3. The van der Waals surface area contributed by atoms with Gasteiger partial charge in [0.05, 0.1) is 10.0 Å². The quantitative estimate of drug-likeness (QED) is 0.784. The van der Waals surface area contributed by atoms with Crippen molar-refractivity contribution in [1.29, 1.82) is 0 Å². The summed E-state index contributed by atoms with van der Waals surface area (Å²) in [6.07, 6.45) is 0. The van der Waals surface area contributed by atoms with Crippen LogP contribution in [0.15, 0.2) is 22.7 Å². The van der Waals surface area contributed by atoms with Gasteiger partial charge in [-0.2, -0.15) is 11.8 Å². The zero-order chi connectivity index (χ0) is 13.3. The van der Waals surface area contributed by atoms with E-state index in [-0.39, 0.29) is 10.4 Å². The number of halogens is 2. The maximum atomic E-state index is 13.4. The first-order valence-corrected chi connectivity index (χ1v) is 7.61. The molecule has 0 N–H and O–H groups in total. The van der Waals surface area contributed by atoms with Crippen molar-refractivity contribution in [2.75, 3.05) is 13.1 Å². The lowest BCUT2D eigenvalue weighted by Gasteiger charge is -2.34. The van der Waals surface area contributed by atoms with Crippen molar-refractivity contribution < 1.29 is 9.18 Å². The first-order chi connectivity index (χ1) is 8.49. The van der Waals surface area contributed by atoms with E-state index in [0.29, 0.717) is 16.1 Å². The number of carbonyl (C=O) groups excluding carboxylic acids is 1. The summed E-state index contributed by atoms with van der Waals surface area (Å²) in [7, 11) is 0. The van der Waals surface area contributed by atoms with Crippen molar-refractivity contribution in [2.24, 2.45) is 0 Å². The van der Waals surface area contributed by atoms with E-state index in [1.165, 1.54) is 6.07 Å². The van der Waals surface area contributed by atoms with Gasteiger partial charge in [0, 0.05) is 23.6 Å². The highest BCUT2D eigenvalue weighted by atomic mass is 79.9. The third-order valence-corrected chi connectivity index (χ3v) is 4.92. The lowest BCUT2D eigenvalue weighted by molar-refractivity contribution is 0.0752. The minimum atomic E-state index is -0.395. The van der Waals surface area contributed by atoms with Crippen LogP contribution in [0.3, 0.4) is 0 Å². The topological polar surface area (TPSA) is 20.3 Å². The fraction of sp³-hybridized carbons (Fsp3) is 0.462. The summed E-state index contributed by atoms with van der Waals surface area (Å²) in [6.45, 7) is 5.66. The van der Waals surface area contributed by atoms with Crippen LogP contribution < -0.4 is 0 Å². The van der Waals surface area contributed by atoms with Crippen LogP contribution >= 0.6 is 27.7 Å². The number of carbonyl (C=O) groups is 1. The van der Waals surface area contributed by atoms with E-state index < -0.39 is 5.82 Å². The maximum absolute atomic E-state index is 13.4. The normalized spacial score (nSPS) is 24.1. The molecule has 5 heteroatoms. The average molecular weight is 332 g/mol. The molecule has 0 radical (unpaired) electrons. The Labute approximate surface area is 119 Å². The van der Waals surface area contributed by atoms with E-state index >= 15 is 0 Å². The standard InChI is InChI=1S/C13H15BrFNOS/c1-8-6-16(7-9(2)18-8)13(17)10-4-3-5-11(15)12(10)14/h3-5,8-9H,6-7H2,1-2H3. The molecule has 1 heterocycles. The highest BCUT2D eigenvalue weighted by molar-refractivity contribution is 9.10. The molecule has 2 unspecified atom stereocenters. The Morgan fingerprint density at radius 3 is 2.61 bits per heavy atom. The molecule has 0 saturated carbocycles. The van der Waals surface area contributed by atoms with Crippen LogP contribution in [0.2, 0.25) is 0 Å². The van der Waals surface area contributed by atoms with E-state index in [1.54, 1.807) is 12.1 Å². The molecule has 0 aliphatic carbocycles. The highest BCUT2D eigenvalue weighted by Gasteiger charge is 2.27. The SMILES string of the molecule is CC1CN(C(=O)c2cccc(F)c2Br)CC(C)S1. The van der Waals surface area contributed by atoms with Crippen LogP contribution in [0, 0.1) is 5.82 Å². The Morgan fingerprint density at radius 1 is 1.39 bits per heavy atom. The van der Waals surface area contributed by atoms with E-state index in [9.17, 15) is 9.18 Å². The molecule has 98 valence electrons. The van der Waals surface area contributed by atoms with Crippen molar-refractivity contribution in [1.82, 2.24) is 4.90 Å². The van der Waals surface area contributed by atoms with E-state index in [0.717, 1.165) is 13.1 Å². The minimum Gasteiger partial charge on any atom is -0.336 e. The molecule has 0 aromatic heterocycles. The monoisotopic (exact) mass is 331 g/mol. The lowest BCUT2D eigenvalue weighted by Crippen LogP contribution is -2.44. The van der Waals surface area contributed by atoms with Crippen LogP contribution in [-0.2, 0) is 0 Å². The first-order valence-electron chi connectivity index (χ1n) is 5.87. The molecule has 0 spiro atoms. The van der Waals surface area contributed by atoms with Crippen LogP contribution in [0.25, 0.3) is 0 Å². The minimum absolute atomic E-state index is 0.0969. The van der Waals surface area contributed by atoms with Crippen molar-refractivity contribution >= 4 is 33.6 Å². The number of hydrogen-bond acceptors (Lipinski definition) is 2. The summed E-state index contributed by atoms with van der Waals surface area (Å²) in [6, 6.07) is 4.57. The molecule has 2 nitrogen and oxygen atoms in total. The first kappa shape index (κ1) is 13.9. The summed E-state index contributed by atoms with van der Waals surface area (Å²) >= 11 is 5.04. The molecule has 0 bridgehead atoms. The van der Waals surface area contributed by atoms with Crippen molar-refractivity contribution in [3.63, 3.8) is 0 Å². The molecule has 2 rings (SSSR count). The Bertz CT molecular complexity index is 458. The summed E-state index contributed by atoms with van der Waals surface area (Å²) in [5.74, 6) is -0.492. The van der Waals surface area contributed by atoms with E-state index in [4.69, 9.17) is 0 Å². The van der Waals surface area contributed by atoms with Crippen LogP contribution in [0.4, 0.5) is 4.39 Å². The molecule has 1 aromatic rings. The van der Waals surface area contributed by atoms with Gasteiger partial charge in [0.2, 0.25) is 0 Å². The molecule has 18 heavy (non-hydrogen) atoms. The van der Waals surface area contributed by atoms with Gasteiger partial charge in [0.25, 0.3) is 5.91 Å². The Balaban J connectivity index is 2.23. The highest BCUT2D eigenvalue weighted by Crippen LogP contribution is 2.28. The third-order valence-electron chi connectivity index (χ3n) is 2.89. The van der Waals surface area contributed by atoms with Crippen molar-refractivity contribution in [3.05, 3.63) is 34.1 Å². The zero-order valence-corrected chi connectivity index (χ0v) is 12.7. The van der Waals surface area contributed by atoms with E-state index in [2.05, 4.69) is 29.8 Å². The molecule has 1 aliphatic heterocycles. The predicted octanol–water partition coefficient (Wildman–Crippen LogP) is 3.55. The van der Waals surface area contributed by atoms with Crippen LogP contribution in [0.1, 0.15) is 24.2 Å². The molecule has 1 fully saturated rings. The number of amides is 1. The van der Waals surface area contributed by atoms with Crippen molar-refractivity contribution in [3.8, 4) is 0 Å². The number of rotatable bonds is 1. The second-order valence-electron chi connectivity index (χ2n) is 4.57. The van der Waals surface area contributed by atoms with Gasteiger partial charge in [-0.3, -0.25) is 4.79 Å². The second kappa shape index (κ2) is 5.61. The molecule has 1 aliphatic rings. The predicted molar refractivity (Wildman–Crippen MR) is 76.5 cm³/mol. The summed E-state index contributed by atoms with van der Waals surface area (Å²) in [5, 5.41) is 0.843. The number of nitrogens with zero attached hydrogens (tertiary/aromatic N) is 1. The van der Waals surface area contributed by atoms with E-state index in [1.807, 2.05) is 16.7 Å². The lowest BCUT2D eigenvalue weighted by atomic mass is 10.1. The van der Waals surface area contributed by atoms with Gasteiger partial charge < -0.3 is 4.90 Å². The summed E-state index contributed by atoms with van der Waals surface area (Å²) < 4.78 is 13.7. The third kappa shape index (κ3) is 2.88. The molecular weight excluding hydrogens is 317 g/mol. The van der Waals surface area contributed by atoms with Crippen LogP contribution in [-0.4, -0.2) is 34.4 Å². The molecule has 1 aromatic carbocycles.